The van der Waals surface area contributed by atoms with Crippen LogP contribution in [0.15, 0.2) is 0 Å². The van der Waals surface area contributed by atoms with E-state index in [2.05, 4.69) is 55.4 Å². The topological polar surface area (TPSA) is 237 Å². The first-order chi connectivity index (χ1) is 47.1. The van der Waals surface area contributed by atoms with E-state index in [1.807, 2.05) is 0 Å². The lowest BCUT2D eigenvalue weighted by atomic mass is 9.99. The quantitative estimate of drug-likeness (QED) is 0.0222. The van der Waals surface area contributed by atoms with Crippen LogP contribution in [0.4, 0.5) is 0 Å². The van der Waals surface area contributed by atoms with E-state index in [-0.39, 0.29) is 25.7 Å². The minimum Gasteiger partial charge on any atom is -0.462 e. The highest BCUT2D eigenvalue weighted by molar-refractivity contribution is 7.47. The Morgan fingerprint density at radius 1 is 0.286 bits per heavy atom. The van der Waals surface area contributed by atoms with Crippen LogP contribution in [0.3, 0.4) is 0 Å². The van der Waals surface area contributed by atoms with E-state index in [1.54, 1.807) is 0 Å². The molecule has 3 N–H and O–H groups in total. The van der Waals surface area contributed by atoms with Crippen molar-refractivity contribution in [1.29, 1.82) is 0 Å². The molecule has 0 saturated heterocycles. The molecule has 0 aliphatic heterocycles. The summed E-state index contributed by atoms with van der Waals surface area (Å²) in [5.74, 6) is 0.965. The molecule has 98 heavy (non-hydrogen) atoms. The molecule has 0 rings (SSSR count). The van der Waals surface area contributed by atoms with Crippen LogP contribution in [0.25, 0.3) is 0 Å². The zero-order valence-corrected chi connectivity index (χ0v) is 66.2. The minimum atomic E-state index is -4.96. The molecule has 0 aliphatic carbocycles. The molecular formula is C79H154O17P2. The van der Waals surface area contributed by atoms with Gasteiger partial charge in [-0.3, -0.25) is 37.3 Å². The zero-order valence-electron chi connectivity index (χ0n) is 64.4. The number of ether oxygens (including phenoxy) is 4. The summed E-state index contributed by atoms with van der Waals surface area (Å²) in [6.07, 6.45) is 54.2. The molecule has 6 atom stereocenters. The summed E-state index contributed by atoms with van der Waals surface area (Å²) >= 11 is 0. The summed E-state index contributed by atoms with van der Waals surface area (Å²) in [6.45, 7) is 14.2. The number of aliphatic hydroxyl groups excluding tert-OH is 1. The van der Waals surface area contributed by atoms with Gasteiger partial charge in [-0.25, -0.2) is 9.13 Å². The number of aliphatic hydroxyl groups is 1. The predicted octanol–water partition coefficient (Wildman–Crippen LogP) is 23.2. The van der Waals surface area contributed by atoms with Gasteiger partial charge in [-0.2, -0.15) is 0 Å². The van der Waals surface area contributed by atoms with Gasteiger partial charge in [0.2, 0.25) is 0 Å². The van der Waals surface area contributed by atoms with Crippen LogP contribution < -0.4 is 0 Å². The first-order valence-corrected chi connectivity index (χ1v) is 43.7. The summed E-state index contributed by atoms with van der Waals surface area (Å²) in [6, 6.07) is 0. The number of unbranched alkanes of at least 4 members (excludes halogenated alkanes) is 41. The van der Waals surface area contributed by atoms with E-state index in [0.717, 1.165) is 114 Å². The van der Waals surface area contributed by atoms with E-state index in [4.69, 9.17) is 37.0 Å². The number of phosphoric ester groups is 2. The molecule has 582 valence electrons. The fraction of sp³-hybridized carbons (Fsp3) is 0.949. The van der Waals surface area contributed by atoms with E-state index in [0.29, 0.717) is 31.6 Å². The lowest BCUT2D eigenvalue weighted by Crippen LogP contribution is -2.30. The third-order valence-corrected chi connectivity index (χ3v) is 20.6. The summed E-state index contributed by atoms with van der Waals surface area (Å²) < 4.78 is 68.6. The van der Waals surface area contributed by atoms with E-state index < -0.39 is 97.5 Å². The molecule has 0 aromatic rings. The number of carbonyl (C=O) groups excluding carboxylic acids is 4. The minimum absolute atomic E-state index is 0.106. The Balaban J connectivity index is 5.20. The highest BCUT2D eigenvalue weighted by atomic mass is 31.2. The highest BCUT2D eigenvalue weighted by Crippen LogP contribution is 2.45. The summed E-state index contributed by atoms with van der Waals surface area (Å²) in [7, 11) is -9.92. The van der Waals surface area contributed by atoms with Crippen LogP contribution in [0.1, 0.15) is 402 Å². The van der Waals surface area contributed by atoms with E-state index in [1.165, 1.54) is 199 Å². The van der Waals surface area contributed by atoms with Crippen molar-refractivity contribution in [2.24, 2.45) is 23.7 Å². The van der Waals surface area contributed by atoms with Gasteiger partial charge in [-0.05, 0) is 49.4 Å². The van der Waals surface area contributed by atoms with Crippen LogP contribution in [-0.4, -0.2) is 96.7 Å². The summed E-state index contributed by atoms with van der Waals surface area (Å²) in [4.78, 5) is 72.9. The third kappa shape index (κ3) is 71.1. The Bertz CT molecular complexity index is 1920. The average Bonchev–Trinajstić information content (AvgIpc) is 1.04. The monoisotopic (exact) mass is 1440 g/mol. The van der Waals surface area contributed by atoms with Crippen LogP contribution in [-0.2, 0) is 65.4 Å². The molecule has 0 heterocycles. The van der Waals surface area contributed by atoms with Crippen molar-refractivity contribution in [1.82, 2.24) is 0 Å². The fourth-order valence-electron chi connectivity index (χ4n) is 12.0. The van der Waals surface area contributed by atoms with Crippen molar-refractivity contribution in [3.63, 3.8) is 0 Å². The lowest BCUT2D eigenvalue weighted by Gasteiger charge is -2.21. The molecule has 0 saturated carbocycles. The number of phosphoric acid groups is 2. The Hall–Kier alpha value is -1.94. The number of esters is 4. The first kappa shape index (κ1) is 96.1. The Kier molecular flexibility index (Phi) is 66.8. The standard InChI is InChI=1S/C79H154O17P2/c1-9-72(8)58-50-42-33-27-20-16-13-14-17-21-28-34-43-51-59-76(81)89-65-74(95-79(84)62-54-46-36-30-24-23-26-32-40-48-56-70(4)5)67-93-97(85,86)91-63-73(80)64-92-98(87,88)94-68-75(66-90-77(82)60-52-44-38-37-41-49-57-71(6)7)96-78(83)61-53-45-35-29-22-18-12-10-11-15-19-25-31-39-47-55-69(2)3/h69-75,80H,9-68H2,1-8H3,(H,85,86)(H,87,88)/t72?,73?,74-,75-/m1/s1. The van der Waals surface area contributed by atoms with Crippen LogP contribution in [0.5, 0.6) is 0 Å². The van der Waals surface area contributed by atoms with Gasteiger partial charge in [0, 0.05) is 25.7 Å². The summed E-state index contributed by atoms with van der Waals surface area (Å²) in [5.41, 5.74) is 0. The molecule has 0 amide bonds. The molecule has 0 bridgehead atoms. The Morgan fingerprint density at radius 2 is 0.490 bits per heavy atom. The molecule has 0 aliphatic rings. The summed E-state index contributed by atoms with van der Waals surface area (Å²) in [5, 5.41) is 10.6. The lowest BCUT2D eigenvalue weighted by molar-refractivity contribution is -0.161. The molecule has 19 heteroatoms. The number of hydrogen-bond donors (Lipinski definition) is 3. The van der Waals surface area contributed by atoms with Gasteiger partial charge in [0.25, 0.3) is 0 Å². The molecule has 4 unspecified atom stereocenters. The number of carbonyl (C=O) groups is 4. The maximum absolute atomic E-state index is 13.1. The first-order valence-electron chi connectivity index (χ1n) is 40.7. The van der Waals surface area contributed by atoms with Crippen molar-refractivity contribution in [3.05, 3.63) is 0 Å². The Morgan fingerprint density at radius 3 is 0.724 bits per heavy atom. The van der Waals surface area contributed by atoms with Gasteiger partial charge in [-0.15, -0.1) is 0 Å². The third-order valence-electron chi connectivity index (χ3n) is 18.7. The second-order valence-corrected chi connectivity index (χ2v) is 33.0. The van der Waals surface area contributed by atoms with Crippen molar-refractivity contribution in [2.45, 2.75) is 420 Å². The SMILES string of the molecule is CCC(C)CCCCCCCCCCCCCCCCC(=O)OC[C@H](COP(=O)(O)OCC(O)COP(=O)(O)OC[C@@H](COC(=O)CCCCCCCCC(C)C)OC(=O)CCCCCCCCCCCCCCCCCC(C)C)OC(=O)CCCCCCCCCCCCC(C)C. The number of rotatable bonds is 76. The van der Waals surface area contributed by atoms with E-state index in [9.17, 15) is 43.2 Å². The highest BCUT2D eigenvalue weighted by Gasteiger charge is 2.30. The van der Waals surface area contributed by atoms with Crippen molar-refractivity contribution in [3.8, 4) is 0 Å². The molecule has 0 aromatic heterocycles. The van der Waals surface area contributed by atoms with Gasteiger partial charge in [0.15, 0.2) is 12.2 Å². The predicted molar refractivity (Wildman–Crippen MR) is 400 cm³/mol. The Labute approximate surface area is 600 Å². The van der Waals surface area contributed by atoms with E-state index >= 15 is 0 Å². The molecule has 0 spiro atoms. The van der Waals surface area contributed by atoms with Crippen LogP contribution in [0.2, 0.25) is 0 Å². The van der Waals surface area contributed by atoms with Gasteiger partial charge >= 0.3 is 39.5 Å². The zero-order chi connectivity index (χ0) is 72.4. The molecule has 0 radical (unpaired) electrons. The average molecular weight is 1440 g/mol. The number of hydrogen-bond acceptors (Lipinski definition) is 15. The normalized spacial score (nSPS) is 14.3. The van der Waals surface area contributed by atoms with Crippen molar-refractivity contribution < 1.29 is 80.2 Å². The van der Waals surface area contributed by atoms with Gasteiger partial charge < -0.3 is 33.8 Å². The fourth-order valence-corrected chi connectivity index (χ4v) is 13.6. The molecular weight excluding hydrogens is 1280 g/mol. The largest absolute Gasteiger partial charge is 0.472 e. The van der Waals surface area contributed by atoms with Gasteiger partial charge in [0.05, 0.1) is 26.4 Å². The molecule has 0 fully saturated rings. The maximum atomic E-state index is 13.1. The van der Waals surface area contributed by atoms with Crippen molar-refractivity contribution >= 4 is 39.5 Å². The molecule has 0 aromatic carbocycles. The molecule has 17 nitrogen and oxygen atoms in total. The second-order valence-electron chi connectivity index (χ2n) is 30.1. The maximum Gasteiger partial charge on any atom is 0.472 e. The smallest absolute Gasteiger partial charge is 0.462 e. The second kappa shape index (κ2) is 68.2. The van der Waals surface area contributed by atoms with Crippen LogP contribution in [0, 0.1) is 23.7 Å². The van der Waals surface area contributed by atoms with Gasteiger partial charge in [0.1, 0.15) is 19.3 Å². The van der Waals surface area contributed by atoms with Gasteiger partial charge in [-0.1, -0.05) is 351 Å². The van der Waals surface area contributed by atoms with Crippen LogP contribution >= 0.6 is 15.6 Å². The van der Waals surface area contributed by atoms with Crippen molar-refractivity contribution in [2.75, 3.05) is 39.6 Å².